The Labute approximate surface area is 135 Å². The van der Waals surface area contributed by atoms with E-state index < -0.39 is 0 Å². The van der Waals surface area contributed by atoms with Crippen molar-refractivity contribution in [2.75, 3.05) is 0 Å². The van der Waals surface area contributed by atoms with Crippen molar-refractivity contribution in [1.82, 2.24) is 9.80 Å². The van der Waals surface area contributed by atoms with Gasteiger partial charge in [0.25, 0.3) is 0 Å². The van der Waals surface area contributed by atoms with E-state index >= 15 is 0 Å². The molecular formula is C18H32N2O2. The SMILES string of the molecule is C[C@@H]1CCC[C@@H](C)N1C(=O)CCC(=O)N1[C@H](C)CCC[C@H]1C. The Morgan fingerprint density at radius 2 is 0.955 bits per heavy atom. The minimum atomic E-state index is 0.158. The summed E-state index contributed by atoms with van der Waals surface area (Å²) in [7, 11) is 0. The lowest BCUT2D eigenvalue weighted by Crippen LogP contribution is -2.49. The lowest BCUT2D eigenvalue weighted by molar-refractivity contribution is -0.143. The highest BCUT2D eigenvalue weighted by Gasteiger charge is 2.31. The first-order chi connectivity index (χ1) is 10.4. The highest BCUT2D eigenvalue weighted by Crippen LogP contribution is 2.25. The molecule has 0 unspecified atom stereocenters. The molecule has 0 aromatic heterocycles. The van der Waals surface area contributed by atoms with Crippen molar-refractivity contribution in [2.45, 2.75) is 103 Å². The van der Waals surface area contributed by atoms with E-state index in [4.69, 9.17) is 0 Å². The molecule has 4 atom stereocenters. The predicted molar refractivity (Wildman–Crippen MR) is 88.5 cm³/mol. The molecule has 0 aromatic carbocycles. The Morgan fingerprint density at radius 1 is 0.682 bits per heavy atom. The monoisotopic (exact) mass is 308 g/mol. The summed E-state index contributed by atoms with van der Waals surface area (Å²) in [6.07, 6.45) is 7.48. The maximum absolute atomic E-state index is 12.5. The van der Waals surface area contributed by atoms with Gasteiger partial charge in [0.1, 0.15) is 0 Å². The van der Waals surface area contributed by atoms with Crippen LogP contribution in [0.1, 0.15) is 79.1 Å². The molecule has 2 heterocycles. The molecule has 2 amide bonds. The van der Waals surface area contributed by atoms with Crippen LogP contribution < -0.4 is 0 Å². The third-order valence-electron chi connectivity index (χ3n) is 5.52. The van der Waals surface area contributed by atoms with Gasteiger partial charge in [-0.3, -0.25) is 9.59 Å². The van der Waals surface area contributed by atoms with E-state index in [9.17, 15) is 9.59 Å². The van der Waals surface area contributed by atoms with Crippen molar-refractivity contribution in [3.63, 3.8) is 0 Å². The fraction of sp³-hybridized carbons (Fsp3) is 0.889. The lowest BCUT2D eigenvalue weighted by Gasteiger charge is -2.40. The van der Waals surface area contributed by atoms with E-state index in [1.807, 2.05) is 9.80 Å². The van der Waals surface area contributed by atoms with Crippen molar-refractivity contribution in [1.29, 1.82) is 0 Å². The molecule has 0 saturated carbocycles. The maximum Gasteiger partial charge on any atom is 0.223 e. The second-order valence-electron chi connectivity index (χ2n) is 7.36. The third kappa shape index (κ3) is 3.82. The van der Waals surface area contributed by atoms with Crippen LogP contribution in [-0.2, 0) is 9.59 Å². The van der Waals surface area contributed by atoms with Gasteiger partial charge in [-0.15, -0.1) is 0 Å². The van der Waals surface area contributed by atoms with Crippen LogP contribution in [0.5, 0.6) is 0 Å². The van der Waals surface area contributed by atoms with Crippen molar-refractivity contribution in [3.8, 4) is 0 Å². The number of carbonyl (C=O) groups is 2. The molecule has 0 aliphatic carbocycles. The number of hydrogen-bond donors (Lipinski definition) is 0. The van der Waals surface area contributed by atoms with Gasteiger partial charge >= 0.3 is 0 Å². The molecule has 2 fully saturated rings. The lowest BCUT2D eigenvalue weighted by atomic mass is 9.96. The molecule has 2 aliphatic heterocycles. The Morgan fingerprint density at radius 3 is 1.23 bits per heavy atom. The first-order valence-corrected chi connectivity index (χ1v) is 9.04. The zero-order chi connectivity index (χ0) is 16.3. The van der Waals surface area contributed by atoms with E-state index in [-0.39, 0.29) is 11.8 Å². The van der Waals surface area contributed by atoms with Gasteiger partial charge in [0.05, 0.1) is 0 Å². The van der Waals surface area contributed by atoms with E-state index in [0.717, 1.165) is 25.7 Å². The Hall–Kier alpha value is -1.06. The fourth-order valence-corrected chi connectivity index (χ4v) is 4.30. The molecule has 126 valence electrons. The maximum atomic E-state index is 12.5. The first-order valence-electron chi connectivity index (χ1n) is 9.04. The number of amides is 2. The average molecular weight is 308 g/mol. The first kappa shape index (κ1) is 17.3. The highest BCUT2D eigenvalue weighted by molar-refractivity contribution is 5.84. The number of hydrogen-bond acceptors (Lipinski definition) is 2. The number of carbonyl (C=O) groups excluding carboxylic acids is 2. The molecule has 4 nitrogen and oxygen atoms in total. The van der Waals surface area contributed by atoms with Crippen LogP contribution in [0.25, 0.3) is 0 Å². The van der Waals surface area contributed by atoms with Crippen molar-refractivity contribution in [2.24, 2.45) is 0 Å². The minimum absolute atomic E-state index is 0.158. The highest BCUT2D eigenvalue weighted by atomic mass is 16.2. The standard InChI is InChI=1S/C18H32N2O2/c1-13-7-5-8-14(2)19(13)17(21)11-12-18(22)20-15(3)9-6-10-16(20)4/h13-16H,5-12H2,1-4H3/t13-,14-,15-,16-/m1/s1. The van der Waals surface area contributed by atoms with Crippen LogP contribution in [0.3, 0.4) is 0 Å². The van der Waals surface area contributed by atoms with Crippen molar-refractivity contribution >= 4 is 11.8 Å². The topological polar surface area (TPSA) is 40.6 Å². The van der Waals surface area contributed by atoms with Gasteiger partial charge in [-0.1, -0.05) is 0 Å². The molecule has 22 heavy (non-hydrogen) atoms. The molecule has 0 radical (unpaired) electrons. The molecule has 0 aromatic rings. The fourth-order valence-electron chi connectivity index (χ4n) is 4.30. The number of likely N-dealkylation sites (tertiary alicyclic amines) is 2. The second-order valence-corrected chi connectivity index (χ2v) is 7.36. The van der Waals surface area contributed by atoms with Crippen LogP contribution >= 0.6 is 0 Å². The van der Waals surface area contributed by atoms with Crippen molar-refractivity contribution in [3.05, 3.63) is 0 Å². The molecule has 0 N–H and O–H groups in total. The number of piperidine rings is 2. The van der Waals surface area contributed by atoms with Gasteiger partial charge in [-0.2, -0.15) is 0 Å². The summed E-state index contributed by atoms with van der Waals surface area (Å²) >= 11 is 0. The summed E-state index contributed by atoms with van der Waals surface area (Å²) in [6, 6.07) is 1.27. The normalized spacial score (nSPS) is 32.9. The van der Waals surface area contributed by atoms with Crippen molar-refractivity contribution < 1.29 is 9.59 Å². The van der Waals surface area contributed by atoms with E-state index in [0.29, 0.717) is 37.0 Å². The zero-order valence-electron chi connectivity index (χ0n) is 14.7. The minimum Gasteiger partial charge on any atom is -0.337 e. The largest absolute Gasteiger partial charge is 0.337 e. The summed E-state index contributed by atoms with van der Waals surface area (Å²) in [5.41, 5.74) is 0. The van der Waals surface area contributed by atoms with Gasteiger partial charge < -0.3 is 9.80 Å². The summed E-state index contributed by atoms with van der Waals surface area (Å²) in [6.45, 7) is 8.52. The van der Waals surface area contributed by atoms with Gasteiger partial charge in [0, 0.05) is 37.0 Å². The van der Waals surface area contributed by atoms with Gasteiger partial charge in [0.15, 0.2) is 0 Å². The molecule has 2 rings (SSSR count). The molecule has 0 bridgehead atoms. The van der Waals surface area contributed by atoms with Gasteiger partial charge in [-0.05, 0) is 66.2 Å². The molecule has 0 spiro atoms. The predicted octanol–water partition coefficient (Wildman–Crippen LogP) is 3.35. The van der Waals surface area contributed by atoms with E-state index in [2.05, 4.69) is 27.7 Å². The van der Waals surface area contributed by atoms with Crippen LogP contribution in [0, 0.1) is 0 Å². The summed E-state index contributed by atoms with van der Waals surface area (Å²) < 4.78 is 0. The third-order valence-corrected chi connectivity index (χ3v) is 5.52. The zero-order valence-corrected chi connectivity index (χ0v) is 14.7. The Balaban J connectivity index is 1.88. The Kier molecular flexibility index (Phi) is 5.87. The Bertz CT molecular complexity index is 352. The molecular weight excluding hydrogens is 276 g/mol. The molecule has 2 saturated heterocycles. The average Bonchev–Trinajstić information content (AvgIpc) is 2.44. The summed E-state index contributed by atoms with van der Waals surface area (Å²) in [4.78, 5) is 29.1. The second kappa shape index (κ2) is 7.47. The van der Waals surface area contributed by atoms with Crippen LogP contribution in [0.2, 0.25) is 0 Å². The quantitative estimate of drug-likeness (QED) is 0.802. The van der Waals surface area contributed by atoms with Gasteiger partial charge in [-0.25, -0.2) is 0 Å². The summed E-state index contributed by atoms with van der Waals surface area (Å²) in [5.74, 6) is 0.315. The van der Waals surface area contributed by atoms with Crippen LogP contribution in [0.4, 0.5) is 0 Å². The number of nitrogens with zero attached hydrogens (tertiary/aromatic N) is 2. The van der Waals surface area contributed by atoms with Gasteiger partial charge in [0.2, 0.25) is 11.8 Å². The smallest absolute Gasteiger partial charge is 0.223 e. The molecule has 4 heteroatoms. The van der Waals surface area contributed by atoms with Crippen LogP contribution in [0.15, 0.2) is 0 Å². The van der Waals surface area contributed by atoms with Crippen LogP contribution in [-0.4, -0.2) is 45.8 Å². The summed E-state index contributed by atoms with van der Waals surface area (Å²) in [5, 5.41) is 0. The molecule has 2 aliphatic rings. The number of rotatable bonds is 3. The van der Waals surface area contributed by atoms with E-state index in [1.54, 1.807) is 0 Å². The van der Waals surface area contributed by atoms with E-state index in [1.165, 1.54) is 12.8 Å².